The minimum absolute atomic E-state index is 0.101. The lowest BCUT2D eigenvalue weighted by Gasteiger charge is -2.14. The van der Waals surface area contributed by atoms with Crippen LogP contribution >= 0.6 is 11.8 Å². The molecule has 0 aliphatic heterocycles. The zero-order chi connectivity index (χ0) is 17.5. The Labute approximate surface area is 144 Å². The Balaban J connectivity index is 2.02. The molecule has 0 fully saturated rings. The minimum atomic E-state index is -0.511. The van der Waals surface area contributed by atoms with Crippen LogP contribution in [-0.4, -0.2) is 23.2 Å². The van der Waals surface area contributed by atoms with Crippen molar-refractivity contribution in [3.8, 4) is 5.75 Å². The van der Waals surface area contributed by atoms with Gasteiger partial charge in [-0.05, 0) is 18.6 Å². The van der Waals surface area contributed by atoms with E-state index in [1.54, 1.807) is 6.92 Å². The van der Waals surface area contributed by atoms with Crippen LogP contribution in [0.4, 0.5) is 11.4 Å². The van der Waals surface area contributed by atoms with Gasteiger partial charge in [-0.25, -0.2) is 0 Å². The number of benzene rings is 2. The number of nitrogens with zero attached hydrogens (tertiary/aromatic N) is 1. The molecule has 7 heteroatoms. The van der Waals surface area contributed by atoms with E-state index in [1.807, 2.05) is 30.3 Å². The Hall–Kier alpha value is -2.54. The van der Waals surface area contributed by atoms with Crippen molar-refractivity contribution < 1.29 is 14.5 Å². The van der Waals surface area contributed by atoms with E-state index in [-0.39, 0.29) is 16.8 Å². The number of rotatable bonds is 7. The van der Waals surface area contributed by atoms with Gasteiger partial charge in [0.15, 0.2) is 0 Å². The van der Waals surface area contributed by atoms with Gasteiger partial charge in [0, 0.05) is 17.9 Å². The van der Waals surface area contributed by atoms with Crippen LogP contribution < -0.4 is 10.1 Å². The first kappa shape index (κ1) is 17.8. The summed E-state index contributed by atoms with van der Waals surface area (Å²) in [4.78, 5) is 22.7. The summed E-state index contributed by atoms with van der Waals surface area (Å²) in [6.45, 7) is 1.80. The number of thioether (sulfide) groups is 1. The second-order valence-electron chi connectivity index (χ2n) is 5.07. The number of amides is 1. The van der Waals surface area contributed by atoms with Gasteiger partial charge in [-0.1, -0.05) is 30.3 Å². The van der Waals surface area contributed by atoms with Gasteiger partial charge in [0.25, 0.3) is 5.69 Å². The fourth-order valence-corrected chi connectivity index (χ4v) is 2.86. The number of methoxy groups -OCH3 is 1. The molecule has 2 aromatic rings. The molecule has 0 unspecified atom stereocenters. The van der Waals surface area contributed by atoms with Gasteiger partial charge in [0.1, 0.15) is 5.75 Å². The normalized spacial score (nSPS) is 11.6. The smallest absolute Gasteiger partial charge is 0.271 e. The predicted molar refractivity (Wildman–Crippen MR) is 95.5 cm³/mol. The Morgan fingerprint density at radius 1 is 1.29 bits per heavy atom. The molecule has 24 heavy (non-hydrogen) atoms. The Bertz CT molecular complexity index is 722. The number of ether oxygens (including phenoxy) is 1. The van der Waals surface area contributed by atoms with E-state index in [9.17, 15) is 14.9 Å². The van der Waals surface area contributed by atoms with E-state index in [0.717, 1.165) is 5.56 Å². The van der Waals surface area contributed by atoms with Crippen molar-refractivity contribution in [3.63, 3.8) is 0 Å². The van der Waals surface area contributed by atoms with Gasteiger partial charge in [0.05, 0.1) is 23.0 Å². The predicted octanol–water partition coefficient (Wildman–Crippen LogP) is 3.86. The molecule has 0 radical (unpaired) electrons. The number of hydrogen-bond donors (Lipinski definition) is 1. The summed E-state index contributed by atoms with van der Waals surface area (Å²) >= 11 is 1.49. The van der Waals surface area contributed by atoms with Crippen molar-refractivity contribution in [1.29, 1.82) is 0 Å². The molecule has 0 spiro atoms. The van der Waals surface area contributed by atoms with E-state index in [4.69, 9.17) is 4.74 Å². The molecule has 6 nitrogen and oxygen atoms in total. The van der Waals surface area contributed by atoms with Gasteiger partial charge in [-0.15, -0.1) is 11.8 Å². The first-order chi connectivity index (χ1) is 11.5. The number of carbonyl (C=O) groups is 1. The van der Waals surface area contributed by atoms with Crippen LogP contribution in [0.3, 0.4) is 0 Å². The zero-order valence-corrected chi connectivity index (χ0v) is 14.2. The van der Waals surface area contributed by atoms with Gasteiger partial charge >= 0.3 is 0 Å². The van der Waals surface area contributed by atoms with E-state index >= 15 is 0 Å². The Morgan fingerprint density at radius 2 is 2.00 bits per heavy atom. The molecule has 1 atom stereocenters. The number of nitro groups is 1. The summed E-state index contributed by atoms with van der Waals surface area (Å²) in [6, 6.07) is 14.0. The SMILES string of the molecule is COc1ccc([N+](=O)[O-])cc1NC(=O)[C@H](C)SCc1ccccc1. The van der Waals surface area contributed by atoms with Crippen molar-refractivity contribution >= 4 is 29.0 Å². The highest BCUT2D eigenvalue weighted by atomic mass is 32.2. The van der Waals surface area contributed by atoms with Crippen molar-refractivity contribution in [3.05, 3.63) is 64.2 Å². The summed E-state index contributed by atoms with van der Waals surface area (Å²) < 4.78 is 5.15. The highest BCUT2D eigenvalue weighted by molar-refractivity contribution is 7.99. The van der Waals surface area contributed by atoms with Crippen LogP contribution in [0.2, 0.25) is 0 Å². The summed E-state index contributed by atoms with van der Waals surface area (Å²) in [5, 5.41) is 13.3. The van der Waals surface area contributed by atoms with Gasteiger partial charge in [-0.2, -0.15) is 0 Å². The van der Waals surface area contributed by atoms with Gasteiger partial charge < -0.3 is 10.1 Å². The highest BCUT2D eigenvalue weighted by Crippen LogP contribution is 2.29. The maximum absolute atomic E-state index is 12.3. The van der Waals surface area contributed by atoms with Crippen molar-refractivity contribution in [1.82, 2.24) is 0 Å². The molecule has 0 aromatic heterocycles. The lowest BCUT2D eigenvalue weighted by Crippen LogP contribution is -2.23. The second-order valence-corrected chi connectivity index (χ2v) is 6.40. The highest BCUT2D eigenvalue weighted by Gasteiger charge is 2.18. The van der Waals surface area contributed by atoms with E-state index in [2.05, 4.69) is 5.32 Å². The molecular weight excluding hydrogens is 328 g/mol. The van der Waals surface area contributed by atoms with Crippen LogP contribution in [0.1, 0.15) is 12.5 Å². The summed E-state index contributed by atoms with van der Waals surface area (Å²) in [5.41, 5.74) is 1.33. The maximum atomic E-state index is 12.3. The molecule has 0 heterocycles. The summed E-state index contributed by atoms with van der Waals surface area (Å²) in [5.74, 6) is 0.866. The number of anilines is 1. The maximum Gasteiger partial charge on any atom is 0.271 e. The lowest BCUT2D eigenvalue weighted by atomic mass is 10.2. The topological polar surface area (TPSA) is 81.5 Å². The molecular formula is C17H18N2O4S. The van der Waals surface area contributed by atoms with Crippen LogP contribution in [-0.2, 0) is 10.5 Å². The van der Waals surface area contributed by atoms with Crippen molar-refractivity contribution in [2.75, 3.05) is 12.4 Å². The lowest BCUT2D eigenvalue weighted by molar-refractivity contribution is -0.384. The first-order valence-corrected chi connectivity index (χ1v) is 8.35. The Morgan fingerprint density at radius 3 is 2.62 bits per heavy atom. The molecule has 0 aliphatic carbocycles. The third-order valence-corrected chi connectivity index (χ3v) is 4.58. The molecule has 2 aromatic carbocycles. The number of hydrogen-bond acceptors (Lipinski definition) is 5. The fourth-order valence-electron chi connectivity index (χ4n) is 2.01. The molecule has 0 saturated heterocycles. The standard InChI is InChI=1S/C17H18N2O4S/c1-12(24-11-13-6-4-3-5-7-13)17(20)18-15-10-14(19(21)22)8-9-16(15)23-2/h3-10,12H,11H2,1-2H3,(H,18,20)/t12-/m0/s1. The van der Waals surface area contributed by atoms with Crippen LogP contribution in [0.15, 0.2) is 48.5 Å². The number of nitrogens with one attached hydrogen (secondary N) is 1. The third-order valence-electron chi connectivity index (χ3n) is 3.36. The molecule has 0 aliphatic rings. The third kappa shape index (κ3) is 4.73. The van der Waals surface area contributed by atoms with Gasteiger partial charge in [0.2, 0.25) is 5.91 Å². The fraction of sp³-hybridized carbons (Fsp3) is 0.235. The molecule has 126 valence electrons. The molecule has 1 N–H and O–H groups in total. The first-order valence-electron chi connectivity index (χ1n) is 7.30. The minimum Gasteiger partial charge on any atom is -0.495 e. The van der Waals surface area contributed by atoms with Crippen LogP contribution in [0.25, 0.3) is 0 Å². The van der Waals surface area contributed by atoms with Crippen LogP contribution in [0, 0.1) is 10.1 Å². The second kappa shape index (κ2) is 8.35. The van der Waals surface area contributed by atoms with E-state index in [1.165, 1.54) is 37.1 Å². The van der Waals surface area contributed by atoms with Crippen molar-refractivity contribution in [2.24, 2.45) is 0 Å². The number of non-ortho nitro benzene ring substituents is 1. The van der Waals surface area contributed by atoms with Gasteiger partial charge in [-0.3, -0.25) is 14.9 Å². The summed E-state index contributed by atoms with van der Waals surface area (Å²) in [7, 11) is 1.45. The molecule has 2 rings (SSSR count). The Kier molecular flexibility index (Phi) is 6.20. The monoisotopic (exact) mass is 346 g/mol. The average Bonchev–Trinajstić information content (AvgIpc) is 2.60. The van der Waals surface area contributed by atoms with E-state index in [0.29, 0.717) is 17.2 Å². The van der Waals surface area contributed by atoms with Crippen LogP contribution in [0.5, 0.6) is 5.75 Å². The molecule has 0 saturated carbocycles. The van der Waals surface area contributed by atoms with E-state index < -0.39 is 4.92 Å². The summed E-state index contributed by atoms with van der Waals surface area (Å²) in [6.07, 6.45) is 0. The molecule has 1 amide bonds. The quantitative estimate of drug-likeness (QED) is 0.608. The molecule has 0 bridgehead atoms. The average molecular weight is 346 g/mol. The largest absolute Gasteiger partial charge is 0.495 e. The zero-order valence-electron chi connectivity index (χ0n) is 13.4. The number of nitro benzene ring substituents is 1. The number of carbonyl (C=O) groups excluding carboxylic acids is 1. The van der Waals surface area contributed by atoms with Crippen molar-refractivity contribution in [2.45, 2.75) is 17.9 Å².